The maximum atomic E-state index is 5.98. The highest BCUT2D eigenvalue weighted by Gasteiger charge is 2.58. The van der Waals surface area contributed by atoms with Gasteiger partial charge < -0.3 is 15.0 Å². The van der Waals surface area contributed by atoms with Crippen LogP contribution in [-0.2, 0) is 4.74 Å². The van der Waals surface area contributed by atoms with Crippen LogP contribution in [0.3, 0.4) is 0 Å². The summed E-state index contributed by atoms with van der Waals surface area (Å²) < 4.78 is 5.98. The lowest BCUT2D eigenvalue weighted by Gasteiger charge is -2.61. The van der Waals surface area contributed by atoms with Crippen LogP contribution in [-0.4, -0.2) is 49.8 Å². The number of piperidine rings is 1. The van der Waals surface area contributed by atoms with E-state index in [2.05, 4.69) is 31.1 Å². The van der Waals surface area contributed by atoms with Crippen molar-refractivity contribution in [2.45, 2.75) is 57.7 Å². The molecule has 3 nitrogen and oxygen atoms in total. The Bertz CT molecular complexity index is 305. The van der Waals surface area contributed by atoms with E-state index in [1.807, 2.05) is 0 Å². The predicted octanol–water partition coefficient (Wildman–Crippen LogP) is 1.87. The van der Waals surface area contributed by atoms with Crippen LogP contribution >= 0.6 is 0 Å². The van der Waals surface area contributed by atoms with Gasteiger partial charge in [0.05, 0.1) is 6.10 Å². The van der Waals surface area contributed by atoms with Crippen LogP contribution in [0.5, 0.6) is 0 Å². The minimum atomic E-state index is 0.321. The Kier molecular flexibility index (Phi) is 3.41. The zero-order chi connectivity index (χ0) is 12.8. The van der Waals surface area contributed by atoms with Crippen LogP contribution in [0, 0.1) is 11.3 Å². The quantitative estimate of drug-likeness (QED) is 0.812. The highest BCUT2D eigenvalue weighted by molar-refractivity contribution is 5.11. The maximum absolute atomic E-state index is 5.98. The van der Waals surface area contributed by atoms with E-state index in [1.165, 1.54) is 38.8 Å². The minimum Gasteiger partial charge on any atom is -0.377 e. The molecule has 0 radical (unpaired) electrons. The van der Waals surface area contributed by atoms with Crippen LogP contribution in [0.1, 0.15) is 39.5 Å². The number of likely N-dealkylation sites (N-methyl/N-ethyl adjacent to an activating group) is 1. The number of nitrogens with zero attached hydrogens (tertiary/aromatic N) is 1. The summed E-state index contributed by atoms with van der Waals surface area (Å²) >= 11 is 0. The molecule has 3 heteroatoms. The van der Waals surface area contributed by atoms with Gasteiger partial charge in [-0.05, 0) is 39.3 Å². The van der Waals surface area contributed by atoms with Gasteiger partial charge in [-0.2, -0.15) is 0 Å². The second-order valence-electron chi connectivity index (χ2n) is 7.16. The van der Waals surface area contributed by atoms with Crippen LogP contribution in [0.15, 0.2) is 0 Å². The standard InChI is InChI=1S/C15H28N2O/c1-15(2)13(12-7-5-9-18-14(12)15)16-11-6-4-8-17(3)10-11/h11-14,16H,4-10H2,1-3H3. The van der Waals surface area contributed by atoms with E-state index in [0.717, 1.165) is 12.5 Å². The largest absolute Gasteiger partial charge is 0.377 e. The monoisotopic (exact) mass is 252 g/mol. The molecule has 2 saturated heterocycles. The van der Waals surface area contributed by atoms with Gasteiger partial charge in [-0.1, -0.05) is 13.8 Å². The smallest absolute Gasteiger partial charge is 0.0684 e. The van der Waals surface area contributed by atoms with Crippen molar-refractivity contribution in [3.63, 3.8) is 0 Å². The van der Waals surface area contributed by atoms with E-state index in [4.69, 9.17) is 4.74 Å². The van der Waals surface area contributed by atoms with Crippen LogP contribution in [0.2, 0.25) is 0 Å². The molecule has 0 amide bonds. The van der Waals surface area contributed by atoms with Crippen molar-refractivity contribution < 1.29 is 4.74 Å². The normalized spacial score (nSPS) is 44.2. The van der Waals surface area contributed by atoms with Crippen molar-refractivity contribution in [2.24, 2.45) is 11.3 Å². The third-order valence-corrected chi connectivity index (χ3v) is 5.37. The molecular weight excluding hydrogens is 224 g/mol. The van der Waals surface area contributed by atoms with Crippen molar-refractivity contribution in [1.29, 1.82) is 0 Å². The summed E-state index contributed by atoms with van der Waals surface area (Å²) in [6.45, 7) is 8.21. The molecule has 1 N–H and O–H groups in total. The molecule has 3 rings (SSSR count). The van der Waals surface area contributed by atoms with E-state index < -0.39 is 0 Å². The van der Waals surface area contributed by atoms with E-state index in [1.54, 1.807) is 0 Å². The van der Waals surface area contributed by atoms with Gasteiger partial charge >= 0.3 is 0 Å². The molecule has 3 aliphatic rings. The summed E-state index contributed by atoms with van der Waals surface area (Å²) in [5.41, 5.74) is 0.321. The Morgan fingerprint density at radius 3 is 2.83 bits per heavy atom. The molecule has 0 bridgehead atoms. The lowest BCUT2D eigenvalue weighted by Crippen LogP contribution is -2.71. The van der Waals surface area contributed by atoms with E-state index in [-0.39, 0.29) is 0 Å². The average Bonchev–Trinajstić information content (AvgIpc) is 2.36. The first-order valence-corrected chi connectivity index (χ1v) is 7.65. The molecule has 2 aliphatic heterocycles. The SMILES string of the molecule is CN1CCCC(NC2C3CCCOC3C2(C)C)C1. The number of fused-ring (bicyclic) bond motifs is 1. The summed E-state index contributed by atoms with van der Waals surface area (Å²) in [5, 5.41) is 3.95. The summed E-state index contributed by atoms with van der Waals surface area (Å²) in [6, 6.07) is 1.36. The zero-order valence-corrected chi connectivity index (χ0v) is 12.1. The van der Waals surface area contributed by atoms with Crippen molar-refractivity contribution in [3.8, 4) is 0 Å². The van der Waals surface area contributed by atoms with Crippen LogP contribution in [0.4, 0.5) is 0 Å². The van der Waals surface area contributed by atoms with Gasteiger partial charge in [0, 0.05) is 36.6 Å². The maximum Gasteiger partial charge on any atom is 0.0684 e. The van der Waals surface area contributed by atoms with Crippen LogP contribution in [0.25, 0.3) is 0 Å². The minimum absolute atomic E-state index is 0.321. The molecule has 4 atom stereocenters. The van der Waals surface area contributed by atoms with Gasteiger partial charge in [-0.15, -0.1) is 0 Å². The number of hydrogen-bond donors (Lipinski definition) is 1. The van der Waals surface area contributed by atoms with Crippen molar-refractivity contribution in [2.75, 3.05) is 26.7 Å². The number of nitrogens with one attached hydrogen (secondary N) is 1. The summed E-state index contributed by atoms with van der Waals surface area (Å²) in [6.07, 6.45) is 5.79. The lowest BCUT2D eigenvalue weighted by atomic mass is 9.55. The number of likely N-dealkylation sites (tertiary alicyclic amines) is 1. The molecule has 3 fully saturated rings. The topological polar surface area (TPSA) is 24.5 Å². The highest BCUT2D eigenvalue weighted by Crippen LogP contribution is 2.51. The van der Waals surface area contributed by atoms with Gasteiger partial charge in [-0.3, -0.25) is 0 Å². The second kappa shape index (κ2) is 4.77. The van der Waals surface area contributed by atoms with Gasteiger partial charge in [0.1, 0.15) is 0 Å². The first kappa shape index (κ1) is 12.9. The van der Waals surface area contributed by atoms with Crippen molar-refractivity contribution in [1.82, 2.24) is 10.2 Å². The molecular formula is C15H28N2O. The summed E-state index contributed by atoms with van der Waals surface area (Å²) in [4.78, 5) is 2.46. The predicted molar refractivity (Wildman–Crippen MR) is 73.7 cm³/mol. The molecule has 0 aromatic rings. The van der Waals surface area contributed by atoms with Crippen LogP contribution < -0.4 is 5.32 Å². The second-order valence-corrected chi connectivity index (χ2v) is 7.16. The number of hydrogen-bond acceptors (Lipinski definition) is 3. The summed E-state index contributed by atoms with van der Waals surface area (Å²) in [5.74, 6) is 0.765. The third-order valence-electron chi connectivity index (χ3n) is 5.37. The molecule has 4 unspecified atom stereocenters. The Balaban J connectivity index is 1.61. The Morgan fingerprint density at radius 2 is 2.06 bits per heavy atom. The average molecular weight is 252 g/mol. The Hall–Kier alpha value is -0.120. The molecule has 18 heavy (non-hydrogen) atoms. The van der Waals surface area contributed by atoms with Crippen molar-refractivity contribution in [3.05, 3.63) is 0 Å². The van der Waals surface area contributed by atoms with E-state index in [0.29, 0.717) is 23.6 Å². The van der Waals surface area contributed by atoms with E-state index in [9.17, 15) is 0 Å². The number of rotatable bonds is 2. The molecule has 0 aromatic carbocycles. The Morgan fingerprint density at radius 1 is 1.22 bits per heavy atom. The number of ether oxygens (including phenoxy) is 1. The van der Waals surface area contributed by atoms with E-state index >= 15 is 0 Å². The molecule has 1 aliphatic carbocycles. The fourth-order valence-electron chi connectivity index (χ4n) is 4.42. The highest BCUT2D eigenvalue weighted by atomic mass is 16.5. The van der Waals surface area contributed by atoms with Gasteiger partial charge in [0.15, 0.2) is 0 Å². The Labute approximate surface area is 111 Å². The molecule has 0 spiro atoms. The first-order chi connectivity index (χ1) is 8.59. The van der Waals surface area contributed by atoms with Gasteiger partial charge in [-0.25, -0.2) is 0 Å². The molecule has 1 saturated carbocycles. The zero-order valence-electron chi connectivity index (χ0n) is 12.1. The lowest BCUT2D eigenvalue weighted by molar-refractivity contribution is -0.195. The van der Waals surface area contributed by atoms with Gasteiger partial charge in [0.25, 0.3) is 0 Å². The fourth-order valence-corrected chi connectivity index (χ4v) is 4.42. The first-order valence-electron chi connectivity index (χ1n) is 7.65. The van der Waals surface area contributed by atoms with Gasteiger partial charge in [0.2, 0.25) is 0 Å². The molecule has 104 valence electrons. The molecule has 2 heterocycles. The third kappa shape index (κ3) is 2.10. The summed E-state index contributed by atoms with van der Waals surface area (Å²) in [7, 11) is 2.24. The molecule has 0 aromatic heterocycles. The van der Waals surface area contributed by atoms with Crippen molar-refractivity contribution >= 4 is 0 Å². The fraction of sp³-hybridized carbons (Fsp3) is 1.00.